The fourth-order valence-electron chi connectivity index (χ4n) is 3.45. The summed E-state index contributed by atoms with van der Waals surface area (Å²) >= 11 is 1.84. The topological polar surface area (TPSA) is 38.0 Å². The van der Waals surface area contributed by atoms with Gasteiger partial charge in [-0.1, -0.05) is 20.8 Å². The maximum Gasteiger partial charge on any atom is 0.0584 e. The molecule has 1 aromatic heterocycles. The highest BCUT2D eigenvalue weighted by atomic mass is 32.1. The number of nitrogens with two attached hydrogens (primary N) is 1. The summed E-state index contributed by atoms with van der Waals surface area (Å²) in [5.41, 5.74) is 4.91. The fraction of sp³-hybridized carbons (Fsp3) is 0.750. The third kappa shape index (κ3) is 3.39. The second-order valence-electron chi connectivity index (χ2n) is 7.09. The van der Waals surface area contributed by atoms with Gasteiger partial charge in [0, 0.05) is 4.88 Å². The fourth-order valence-corrected chi connectivity index (χ4v) is 4.53. The van der Waals surface area contributed by atoms with Crippen LogP contribution in [0.15, 0.2) is 11.4 Å². The second kappa shape index (κ2) is 5.94. The van der Waals surface area contributed by atoms with E-state index in [4.69, 9.17) is 5.84 Å². The number of hydrogen-bond acceptors (Lipinski definition) is 3. The van der Waals surface area contributed by atoms with Crippen LogP contribution in [0, 0.1) is 24.2 Å². The summed E-state index contributed by atoms with van der Waals surface area (Å²) in [6.45, 7) is 9.32. The zero-order valence-corrected chi connectivity index (χ0v) is 13.5. The molecule has 3 N–H and O–H groups in total. The maximum absolute atomic E-state index is 5.84. The molecule has 1 saturated carbocycles. The lowest BCUT2D eigenvalue weighted by molar-refractivity contribution is 0.133. The van der Waals surface area contributed by atoms with Crippen molar-refractivity contribution in [2.45, 2.75) is 59.4 Å². The van der Waals surface area contributed by atoms with Crippen LogP contribution >= 0.6 is 11.3 Å². The minimum absolute atomic E-state index is 0.348. The van der Waals surface area contributed by atoms with Crippen LogP contribution < -0.4 is 11.3 Å². The van der Waals surface area contributed by atoms with E-state index < -0.39 is 0 Å². The summed E-state index contributed by atoms with van der Waals surface area (Å²) in [4.78, 5) is 1.43. The second-order valence-corrected chi connectivity index (χ2v) is 8.04. The molecule has 108 valence electrons. The molecule has 0 aromatic carbocycles. The van der Waals surface area contributed by atoms with Crippen molar-refractivity contribution >= 4 is 11.3 Å². The first kappa shape index (κ1) is 15.0. The number of nitrogens with one attached hydrogen (secondary N) is 1. The van der Waals surface area contributed by atoms with Gasteiger partial charge >= 0.3 is 0 Å². The zero-order valence-electron chi connectivity index (χ0n) is 12.7. The predicted molar refractivity (Wildman–Crippen MR) is 84.0 cm³/mol. The van der Waals surface area contributed by atoms with Crippen LogP contribution in [0.5, 0.6) is 0 Å². The number of rotatable bonds is 3. The van der Waals surface area contributed by atoms with Gasteiger partial charge in [0.25, 0.3) is 0 Å². The Labute approximate surface area is 121 Å². The third-order valence-electron chi connectivity index (χ3n) is 4.83. The van der Waals surface area contributed by atoms with Crippen LogP contribution in [0.3, 0.4) is 0 Å². The van der Waals surface area contributed by atoms with Crippen molar-refractivity contribution < 1.29 is 0 Å². The number of aryl methyl sites for hydroxylation is 1. The molecule has 19 heavy (non-hydrogen) atoms. The third-order valence-corrected chi connectivity index (χ3v) is 5.93. The van der Waals surface area contributed by atoms with E-state index in [0.29, 0.717) is 17.4 Å². The van der Waals surface area contributed by atoms with Gasteiger partial charge in [0.1, 0.15) is 0 Å². The molecule has 0 radical (unpaired) electrons. The van der Waals surface area contributed by atoms with Crippen molar-refractivity contribution in [3.05, 3.63) is 21.9 Å². The van der Waals surface area contributed by atoms with Gasteiger partial charge in [0.15, 0.2) is 0 Å². The Bertz CT molecular complexity index is 397. The summed E-state index contributed by atoms with van der Waals surface area (Å²) in [5.74, 6) is 7.40. The van der Waals surface area contributed by atoms with Crippen molar-refractivity contribution in [2.24, 2.45) is 23.1 Å². The average Bonchev–Trinajstić information content (AvgIpc) is 2.76. The molecule has 0 spiro atoms. The maximum atomic E-state index is 5.84. The molecule has 1 aromatic rings. The molecule has 1 aliphatic carbocycles. The van der Waals surface area contributed by atoms with Gasteiger partial charge in [-0.15, -0.1) is 11.3 Å². The van der Waals surface area contributed by atoms with E-state index in [1.54, 1.807) is 0 Å². The standard InChI is InChI=1S/C16H28N2S/c1-11-9-10-19-15(11)14(18-17)12-5-7-13(8-6-12)16(2,3)4/h9-10,12-14,18H,5-8,17H2,1-4H3. The highest BCUT2D eigenvalue weighted by molar-refractivity contribution is 7.10. The molecule has 3 heteroatoms. The van der Waals surface area contributed by atoms with Crippen LogP contribution in [0.2, 0.25) is 0 Å². The lowest BCUT2D eigenvalue weighted by atomic mass is 9.68. The summed E-state index contributed by atoms with van der Waals surface area (Å²) < 4.78 is 0. The minimum Gasteiger partial charge on any atom is -0.271 e. The Morgan fingerprint density at radius 3 is 2.32 bits per heavy atom. The Kier molecular flexibility index (Phi) is 4.70. The Hall–Kier alpha value is -0.380. The molecule has 0 aliphatic heterocycles. The summed E-state index contributed by atoms with van der Waals surface area (Å²) in [7, 11) is 0. The molecule has 2 nitrogen and oxygen atoms in total. The SMILES string of the molecule is Cc1ccsc1C(NN)C1CCC(C(C)(C)C)CC1. The first-order valence-electron chi connectivity index (χ1n) is 7.43. The number of hydrogen-bond donors (Lipinski definition) is 2. The van der Waals surface area contributed by atoms with Gasteiger partial charge in [-0.25, -0.2) is 0 Å². The monoisotopic (exact) mass is 280 g/mol. The summed E-state index contributed by atoms with van der Waals surface area (Å²) in [5, 5.41) is 2.18. The van der Waals surface area contributed by atoms with Crippen molar-refractivity contribution in [2.75, 3.05) is 0 Å². The van der Waals surface area contributed by atoms with Gasteiger partial charge in [-0.05, 0) is 66.9 Å². The summed E-state index contributed by atoms with van der Waals surface area (Å²) in [6, 6.07) is 2.55. The van der Waals surface area contributed by atoms with E-state index in [-0.39, 0.29) is 0 Å². The quantitative estimate of drug-likeness (QED) is 0.635. The zero-order chi connectivity index (χ0) is 14.0. The van der Waals surface area contributed by atoms with Gasteiger partial charge in [0.05, 0.1) is 6.04 Å². The smallest absolute Gasteiger partial charge is 0.0584 e. The van der Waals surface area contributed by atoms with Crippen molar-refractivity contribution in [1.82, 2.24) is 5.43 Å². The molecule has 1 aliphatic rings. The van der Waals surface area contributed by atoms with Crippen molar-refractivity contribution in [3.8, 4) is 0 Å². The van der Waals surface area contributed by atoms with Crippen molar-refractivity contribution in [1.29, 1.82) is 0 Å². The minimum atomic E-state index is 0.348. The lowest BCUT2D eigenvalue weighted by Gasteiger charge is -2.39. The van der Waals surface area contributed by atoms with E-state index >= 15 is 0 Å². The molecule has 1 unspecified atom stereocenters. The lowest BCUT2D eigenvalue weighted by Crippen LogP contribution is -2.36. The van der Waals surface area contributed by atoms with E-state index in [1.165, 1.54) is 36.1 Å². The van der Waals surface area contributed by atoms with Crippen LogP contribution in [0.1, 0.15) is 62.9 Å². The van der Waals surface area contributed by atoms with E-state index in [2.05, 4.69) is 44.6 Å². The van der Waals surface area contributed by atoms with Crippen LogP contribution in [0.25, 0.3) is 0 Å². The van der Waals surface area contributed by atoms with E-state index in [9.17, 15) is 0 Å². The Balaban J connectivity index is 2.02. The predicted octanol–water partition coefficient (Wildman–Crippen LogP) is 4.41. The first-order chi connectivity index (χ1) is 8.93. The normalized spacial score (nSPS) is 26.4. The van der Waals surface area contributed by atoms with Crippen molar-refractivity contribution in [3.63, 3.8) is 0 Å². The average molecular weight is 280 g/mol. The highest BCUT2D eigenvalue weighted by Crippen LogP contribution is 2.44. The molecule has 1 fully saturated rings. The van der Waals surface area contributed by atoms with Gasteiger partial charge in [0.2, 0.25) is 0 Å². The molecule has 1 atom stereocenters. The van der Waals surface area contributed by atoms with E-state index in [0.717, 1.165) is 5.92 Å². The van der Waals surface area contributed by atoms with E-state index in [1.807, 2.05) is 11.3 Å². The molecule has 0 amide bonds. The molecular formula is C16H28N2S. The van der Waals surface area contributed by atoms with Gasteiger partial charge in [-0.3, -0.25) is 11.3 Å². The van der Waals surface area contributed by atoms with Crippen LogP contribution in [-0.2, 0) is 0 Å². The number of thiophene rings is 1. The van der Waals surface area contributed by atoms with Gasteiger partial charge in [-0.2, -0.15) is 0 Å². The number of hydrazine groups is 1. The molecule has 0 saturated heterocycles. The summed E-state index contributed by atoms with van der Waals surface area (Å²) in [6.07, 6.45) is 5.29. The van der Waals surface area contributed by atoms with Crippen LogP contribution in [0.4, 0.5) is 0 Å². The van der Waals surface area contributed by atoms with Gasteiger partial charge < -0.3 is 0 Å². The molecular weight excluding hydrogens is 252 g/mol. The first-order valence-corrected chi connectivity index (χ1v) is 8.31. The Morgan fingerprint density at radius 1 is 1.26 bits per heavy atom. The molecule has 0 bridgehead atoms. The highest BCUT2D eigenvalue weighted by Gasteiger charge is 2.33. The Morgan fingerprint density at radius 2 is 1.89 bits per heavy atom. The van der Waals surface area contributed by atoms with Crippen LogP contribution in [-0.4, -0.2) is 0 Å². The molecule has 1 heterocycles. The molecule has 2 rings (SSSR count). The largest absolute Gasteiger partial charge is 0.271 e.